The molecule has 0 bridgehead atoms. The van der Waals surface area contributed by atoms with Crippen LogP contribution >= 0.6 is 0 Å². The number of nitrogens with zero attached hydrogens (tertiary/aromatic N) is 1. The standard InChI is InChI=1S/C24H19F3N2O/c1-15-13-28-23-20(9-4-10-21(23)24(25,26)27)22(15)17-6-3-8-19(12-17)29-18-7-2-5-16(11-18)14-30/h2-13,29-30H,14H2,1H3. The monoisotopic (exact) mass is 408 g/mol. The van der Waals surface area contributed by atoms with Crippen molar-refractivity contribution in [3.63, 3.8) is 0 Å². The van der Waals surface area contributed by atoms with Gasteiger partial charge in [-0.3, -0.25) is 4.98 Å². The molecule has 0 aliphatic rings. The average Bonchev–Trinajstić information content (AvgIpc) is 2.73. The van der Waals surface area contributed by atoms with E-state index >= 15 is 0 Å². The van der Waals surface area contributed by atoms with Crippen molar-refractivity contribution in [2.24, 2.45) is 0 Å². The fourth-order valence-corrected chi connectivity index (χ4v) is 3.60. The van der Waals surface area contributed by atoms with Crippen LogP contribution < -0.4 is 5.32 Å². The van der Waals surface area contributed by atoms with Crippen molar-refractivity contribution >= 4 is 22.3 Å². The highest BCUT2D eigenvalue weighted by atomic mass is 19.4. The summed E-state index contributed by atoms with van der Waals surface area (Å²) in [6.45, 7) is 1.78. The minimum Gasteiger partial charge on any atom is -0.392 e. The molecule has 0 radical (unpaired) electrons. The number of nitrogens with one attached hydrogen (secondary N) is 1. The Morgan fingerprint density at radius 2 is 1.63 bits per heavy atom. The van der Waals surface area contributed by atoms with Gasteiger partial charge in [0.1, 0.15) is 0 Å². The number of hydrogen-bond acceptors (Lipinski definition) is 3. The molecule has 0 saturated carbocycles. The lowest BCUT2D eigenvalue weighted by Gasteiger charge is -2.15. The number of alkyl halides is 3. The van der Waals surface area contributed by atoms with E-state index in [1.807, 2.05) is 55.5 Å². The van der Waals surface area contributed by atoms with Crippen LogP contribution in [0.4, 0.5) is 24.5 Å². The fourth-order valence-electron chi connectivity index (χ4n) is 3.60. The molecule has 2 N–H and O–H groups in total. The molecule has 1 aromatic heterocycles. The van der Waals surface area contributed by atoms with Gasteiger partial charge in [0.2, 0.25) is 0 Å². The molecule has 4 aromatic rings. The van der Waals surface area contributed by atoms with Gasteiger partial charge >= 0.3 is 6.18 Å². The number of aromatic nitrogens is 1. The van der Waals surface area contributed by atoms with E-state index in [0.717, 1.165) is 39.7 Å². The maximum Gasteiger partial charge on any atom is 0.418 e. The zero-order chi connectivity index (χ0) is 21.3. The van der Waals surface area contributed by atoms with Crippen molar-refractivity contribution in [2.45, 2.75) is 19.7 Å². The maximum atomic E-state index is 13.5. The third-order valence-corrected chi connectivity index (χ3v) is 4.94. The molecule has 0 saturated heterocycles. The molecule has 30 heavy (non-hydrogen) atoms. The Labute approximate surface area is 171 Å². The van der Waals surface area contributed by atoms with Gasteiger partial charge in [0, 0.05) is 23.0 Å². The van der Waals surface area contributed by atoms with Crippen LogP contribution in [0.2, 0.25) is 0 Å². The van der Waals surface area contributed by atoms with E-state index in [1.165, 1.54) is 12.3 Å². The Bertz CT molecular complexity index is 1220. The molecule has 0 atom stereocenters. The highest BCUT2D eigenvalue weighted by Crippen LogP contribution is 2.38. The van der Waals surface area contributed by atoms with Crippen LogP contribution in [-0.4, -0.2) is 10.1 Å². The Morgan fingerprint density at radius 1 is 0.933 bits per heavy atom. The topological polar surface area (TPSA) is 45.2 Å². The average molecular weight is 408 g/mol. The number of hydrogen-bond donors (Lipinski definition) is 2. The van der Waals surface area contributed by atoms with E-state index in [1.54, 1.807) is 6.07 Å². The number of halogens is 3. The number of aliphatic hydroxyl groups excluding tert-OH is 1. The molecule has 0 unspecified atom stereocenters. The van der Waals surface area contributed by atoms with Gasteiger partial charge in [0.15, 0.2) is 0 Å². The fraction of sp³-hybridized carbons (Fsp3) is 0.125. The molecule has 0 amide bonds. The Hall–Kier alpha value is -3.38. The van der Waals surface area contributed by atoms with Crippen molar-refractivity contribution < 1.29 is 18.3 Å². The van der Waals surface area contributed by atoms with Crippen LogP contribution in [0.3, 0.4) is 0 Å². The molecule has 3 nitrogen and oxygen atoms in total. The van der Waals surface area contributed by atoms with Gasteiger partial charge in [-0.15, -0.1) is 0 Å². The molecule has 3 aromatic carbocycles. The number of fused-ring (bicyclic) bond motifs is 1. The molecule has 4 rings (SSSR count). The number of rotatable bonds is 4. The summed E-state index contributed by atoms with van der Waals surface area (Å²) in [5.41, 5.74) is 3.90. The summed E-state index contributed by atoms with van der Waals surface area (Å²) in [6.07, 6.45) is -2.99. The van der Waals surface area contributed by atoms with Gasteiger partial charge in [-0.25, -0.2) is 0 Å². The quantitative estimate of drug-likeness (QED) is 0.407. The van der Waals surface area contributed by atoms with E-state index < -0.39 is 11.7 Å². The van der Waals surface area contributed by atoms with Gasteiger partial charge in [0.05, 0.1) is 17.7 Å². The van der Waals surface area contributed by atoms with Gasteiger partial charge in [-0.2, -0.15) is 13.2 Å². The molecule has 6 heteroatoms. The van der Waals surface area contributed by atoms with Crippen molar-refractivity contribution in [1.82, 2.24) is 4.98 Å². The van der Waals surface area contributed by atoms with Gasteiger partial charge in [-0.05, 0) is 59.5 Å². The summed E-state index contributed by atoms with van der Waals surface area (Å²) in [7, 11) is 0. The lowest BCUT2D eigenvalue weighted by molar-refractivity contribution is -0.136. The summed E-state index contributed by atoms with van der Waals surface area (Å²) in [5, 5.41) is 13.1. The van der Waals surface area contributed by atoms with E-state index in [0.29, 0.717) is 5.39 Å². The van der Waals surface area contributed by atoms with Crippen LogP contribution in [0.1, 0.15) is 16.7 Å². The number of pyridine rings is 1. The lowest BCUT2D eigenvalue weighted by atomic mass is 9.95. The lowest BCUT2D eigenvalue weighted by Crippen LogP contribution is -2.07. The minimum atomic E-state index is -4.47. The molecule has 1 heterocycles. The molecule has 0 fully saturated rings. The zero-order valence-corrected chi connectivity index (χ0v) is 16.2. The molecule has 0 aliphatic heterocycles. The normalized spacial score (nSPS) is 11.6. The first-order valence-corrected chi connectivity index (χ1v) is 9.39. The van der Waals surface area contributed by atoms with Crippen LogP contribution in [0, 0.1) is 6.92 Å². The second kappa shape index (κ2) is 7.80. The summed E-state index contributed by atoms with van der Waals surface area (Å²) in [4.78, 5) is 4.08. The molecular weight excluding hydrogens is 389 g/mol. The highest BCUT2D eigenvalue weighted by molar-refractivity contribution is 5.98. The first kappa shape index (κ1) is 19.9. The van der Waals surface area contributed by atoms with Crippen LogP contribution in [0.25, 0.3) is 22.0 Å². The predicted molar refractivity (Wildman–Crippen MR) is 113 cm³/mol. The van der Waals surface area contributed by atoms with Crippen molar-refractivity contribution in [2.75, 3.05) is 5.32 Å². The van der Waals surface area contributed by atoms with Gasteiger partial charge in [0.25, 0.3) is 0 Å². The van der Waals surface area contributed by atoms with E-state index in [9.17, 15) is 18.3 Å². The number of anilines is 2. The first-order chi connectivity index (χ1) is 14.4. The van der Waals surface area contributed by atoms with E-state index in [4.69, 9.17) is 0 Å². The first-order valence-electron chi connectivity index (χ1n) is 9.39. The molecule has 152 valence electrons. The largest absolute Gasteiger partial charge is 0.418 e. The maximum absolute atomic E-state index is 13.5. The van der Waals surface area contributed by atoms with Gasteiger partial charge < -0.3 is 10.4 Å². The Morgan fingerprint density at radius 3 is 2.37 bits per heavy atom. The third kappa shape index (κ3) is 3.86. The summed E-state index contributed by atoms with van der Waals surface area (Å²) < 4.78 is 40.4. The molecule has 0 aliphatic carbocycles. The van der Waals surface area contributed by atoms with E-state index in [-0.39, 0.29) is 12.1 Å². The predicted octanol–water partition coefficient (Wildman–Crippen LogP) is 6.46. The highest BCUT2D eigenvalue weighted by Gasteiger charge is 2.33. The summed E-state index contributed by atoms with van der Waals surface area (Å²) in [5.74, 6) is 0. The van der Waals surface area contributed by atoms with Crippen molar-refractivity contribution in [1.29, 1.82) is 0 Å². The van der Waals surface area contributed by atoms with E-state index in [2.05, 4.69) is 10.3 Å². The number of benzene rings is 3. The number of para-hydroxylation sites is 1. The van der Waals surface area contributed by atoms with Crippen molar-refractivity contribution in [3.05, 3.63) is 89.6 Å². The second-order valence-electron chi connectivity index (χ2n) is 7.08. The van der Waals surface area contributed by atoms with Crippen LogP contribution in [-0.2, 0) is 12.8 Å². The van der Waals surface area contributed by atoms with Crippen LogP contribution in [0.15, 0.2) is 72.9 Å². The van der Waals surface area contributed by atoms with Crippen LogP contribution in [0.5, 0.6) is 0 Å². The second-order valence-corrected chi connectivity index (χ2v) is 7.08. The zero-order valence-electron chi connectivity index (χ0n) is 16.2. The smallest absolute Gasteiger partial charge is 0.392 e. The third-order valence-electron chi connectivity index (χ3n) is 4.94. The minimum absolute atomic E-state index is 0.0559. The Kier molecular flexibility index (Phi) is 5.18. The molecule has 0 spiro atoms. The van der Waals surface area contributed by atoms with Crippen molar-refractivity contribution in [3.8, 4) is 11.1 Å². The summed E-state index contributed by atoms with van der Waals surface area (Å²) in [6, 6.07) is 19.0. The van der Waals surface area contributed by atoms with Gasteiger partial charge in [-0.1, -0.05) is 36.4 Å². The number of aliphatic hydroxyl groups is 1. The summed E-state index contributed by atoms with van der Waals surface area (Å²) >= 11 is 0. The Balaban J connectivity index is 1.81. The SMILES string of the molecule is Cc1cnc2c(C(F)(F)F)cccc2c1-c1cccc(Nc2cccc(CO)c2)c1. The number of aryl methyl sites for hydroxylation is 1. The molecular formula is C24H19F3N2O.